The van der Waals surface area contributed by atoms with E-state index in [2.05, 4.69) is 33.9 Å². The normalized spacial score (nSPS) is 28.9. The molecule has 208 valence electrons. The molecule has 39 heavy (non-hydrogen) atoms. The summed E-state index contributed by atoms with van der Waals surface area (Å²) in [6.45, 7) is 5.18. The van der Waals surface area contributed by atoms with Crippen LogP contribution < -0.4 is 4.74 Å². The number of carbonyl (C=O) groups excluding carboxylic acids is 1. The minimum Gasteiger partial charge on any atom is -0.508 e. The third-order valence-electron chi connectivity index (χ3n) is 9.28. The molecular formula is C31H39N3O4S. The fourth-order valence-corrected chi connectivity index (χ4v) is 8.52. The van der Waals surface area contributed by atoms with Crippen LogP contribution in [0.3, 0.4) is 0 Å². The first-order chi connectivity index (χ1) is 19.0. The summed E-state index contributed by atoms with van der Waals surface area (Å²) in [5.41, 5.74) is 4.00. The third-order valence-corrected chi connectivity index (χ3v) is 10.5. The summed E-state index contributed by atoms with van der Waals surface area (Å²) in [6.07, 6.45) is 10.9. The topological polar surface area (TPSA) is 84.2 Å². The number of phenolic OH excluding ortho intramolecular Hbond substituents is 1. The van der Waals surface area contributed by atoms with Crippen molar-refractivity contribution in [2.24, 2.45) is 16.8 Å². The van der Waals surface area contributed by atoms with Crippen molar-refractivity contribution in [1.29, 1.82) is 0 Å². The van der Waals surface area contributed by atoms with Crippen LogP contribution in [0.15, 0.2) is 35.5 Å². The van der Waals surface area contributed by atoms with E-state index in [1.54, 1.807) is 18.9 Å². The van der Waals surface area contributed by atoms with E-state index >= 15 is 0 Å². The maximum Gasteiger partial charge on any atom is 0.262 e. The van der Waals surface area contributed by atoms with Crippen LogP contribution in [-0.4, -0.2) is 64.7 Å². The molecule has 4 aliphatic rings. The van der Waals surface area contributed by atoms with Gasteiger partial charge >= 0.3 is 0 Å². The van der Waals surface area contributed by atoms with Crippen LogP contribution >= 0.6 is 11.8 Å². The van der Waals surface area contributed by atoms with Crippen molar-refractivity contribution in [2.75, 3.05) is 33.4 Å². The number of morpholine rings is 1. The zero-order valence-electron chi connectivity index (χ0n) is 23.0. The van der Waals surface area contributed by atoms with Gasteiger partial charge in [0.05, 0.1) is 25.6 Å². The first-order valence-corrected chi connectivity index (χ1v) is 15.3. The minimum atomic E-state index is -0.257. The Kier molecular flexibility index (Phi) is 7.60. The number of thioether (sulfide) groups is 1. The number of nitrogens with zero attached hydrogens (tertiary/aromatic N) is 3. The Morgan fingerprint density at radius 1 is 1.23 bits per heavy atom. The summed E-state index contributed by atoms with van der Waals surface area (Å²) in [5.74, 6) is 2.35. The summed E-state index contributed by atoms with van der Waals surface area (Å²) >= 11 is 1.54. The molecule has 1 aromatic carbocycles. The van der Waals surface area contributed by atoms with Crippen molar-refractivity contribution < 1.29 is 19.4 Å². The van der Waals surface area contributed by atoms with E-state index in [0.717, 1.165) is 65.2 Å². The molecule has 0 spiro atoms. The van der Waals surface area contributed by atoms with Gasteiger partial charge in [-0.2, -0.15) is 4.99 Å². The molecule has 3 fully saturated rings. The lowest BCUT2D eigenvalue weighted by molar-refractivity contribution is -0.117. The highest BCUT2D eigenvalue weighted by atomic mass is 32.2. The Labute approximate surface area is 235 Å². The molecule has 7 nitrogen and oxygen atoms in total. The van der Waals surface area contributed by atoms with Crippen LogP contribution in [0.5, 0.6) is 11.6 Å². The molecule has 2 aliphatic heterocycles. The van der Waals surface area contributed by atoms with Crippen LogP contribution in [0.2, 0.25) is 0 Å². The number of fused-ring (bicyclic) bond motifs is 2. The number of phenols is 1. The van der Waals surface area contributed by atoms with Gasteiger partial charge in [0.2, 0.25) is 5.88 Å². The number of aromatic nitrogens is 1. The van der Waals surface area contributed by atoms with Crippen LogP contribution in [0.4, 0.5) is 0 Å². The minimum absolute atomic E-state index is 0.0420. The Bertz CT molecular complexity index is 1260. The van der Waals surface area contributed by atoms with Gasteiger partial charge in [-0.05, 0) is 78.7 Å². The molecule has 0 radical (unpaired) electrons. The second-order valence-electron chi connectivity index (χ2n) is 11.7. The zero-order valence-corrected chi connectivity index (χ0v) is 23.8. The van der Waals surface area contributed by atoms with E-state index in [-0.39, 0.29) is 16.6 Å². The second kappa shape index (κ2) is 11.1. The average Bonchev–Trinajstić information content (AvgIpc) is 3.33. The van der Waals surface area contributed by atoms with E-state index in [1.165, 1.54) is 32.1 Å². The Morgan fingerprint density at radius 2 is 2.08 bits per heavy atom. The van der Waals surface area contributed by atoms with Gasteiger partial charge in [0.1, 0.15) is 5.75 Å². The van der Waals surface area contributed by atoms with Crippen LogP contribution in [-0.2, 0) is 21.4 Å². The number of benzene rings is 1. The Balaban J connectivity index is 1.27. The second-order valence-corrected chi connectivity index (χ2v) is 12.9. The fraction of sp³-hybridized carbons (Fsp3) is 0.581. The summed E-state index contributed by atoms with van der Waals surface area (Å²) in [5, 5.41) is 11.7. The van der Waals surface area contributed by atoms with E-state index in [4.69, 9.17) is 9.47 Å². The van der Waals surface area contributed by atoms with Crippen LogP contribution in [0.1, 0.15) is 63.0 Å². The standard InChI is InChI=1S/C31H39N3O4S/c1-3-20-13-21-5-4-8-31(17-20,18-21)25-16-23(6-7-26(25)35)24-14-22(19-32-29(24)37-2)15-27-28(36)33-30(39-27)34-9-11-38-12-10-34/h6-7,14,16,19-21,27,35H,3-5,8-13,15,17-18H2,1-2H3/t20?,21?,27?,31-/m0/s1. The van der Waals surface area contributed by atoms with E-state index in [1.807, 2.05) is 18.3 Å². The lowest BCUT2D eigenvalue weighted by Crippen LogP contribution is -2.40. The molecule has 1 aromatic heterocycles. The molecule has 2 aliphatic carbocycles. The number of hydrogen-bond acceptors (Lipinski definition) is 7. The molecule has 2 aromatic rings. The van der Waals surface area contributed by atoms with Crippen molar-refractivity contribution in [3.05, 3.63) is 41.6 Å². The van der Waals surface area contributed by atoms with Gasteiger partial charge in [-0.25, -0.2) is 4.98 Å². The number of aromatic hydroxyl groups is 1. The first-order valence-electron chi connectivity index (χ1n) is 14.5. The summed E-state index contributed by atoms with van der Waals surface area (Å²) < 4.78 is 11.1. The van der Waals surface area contributed by atoms with Crippen LogP contribution in [0, 0.1) is 11.8 Å². The Hall–Kier alpha value is -2.58. The summed E-state index contributed by atoms with van der Waals surface area (Å²) in [7, 11) is 1.64. The molecule has 8 heteroatoms. The molecule has 2 saturated carbocycles. The molecule has 4 atom stereocenters. The number of pyridine rings is 1. The van der Waals surface area contributed by atoms with Gasteiger partial charge in [-0.1, -0.05) is 44.0 Å². The molecule has 1 saturated heterocycles. The predicted molar refractivity (Wildman–Crippen MR) is 154 cm³/mol. The van der Waals surface area contributed by atoms with Crippen LogP contribution in [0.25, 0.3) is 11.1 Å². The third kappa shape index (κ3) is 5.30. The van der Waals surface area contributed by atoms with Gasteiger partial charge < -0.3 is 19.5 Å². The first kappa shape index (κ1) is 26.6. The van der Waals surface area contributed by atoms with Crippen molar-refractivity contribution >= 4 is 22.8 Å². The van der Waals surface area contributed by atoms with Gasteiger partial charge in [0.25, 0.3) is 5.91 Å². The lowest BCUT2D eigenvalue weighted by atomic mass is 9.56. The lowest BCUT2D eigenvalue weighted by Gasteiger charge is -2.49. The number of ether oxygens (including phenoxy) is 2. The van der Waals surface area contributed by atoms with Crippen molar-refractivity contribution in [3.8, 4) is 22.8 Å². The highest BCUT2D eigenvalue weighted by molar-refractivity contribution is 8.15. The number of aliphatic imine (C=N–C) groups is 1. The van der Waals surface area contributed by atoms with Crippen molar-refractivity contribution in [2.45, 2.75) is 69.0 Å². The van der Waals surface area contributed by atoms with Gasteiger partial charge in [0.15, 0.2) is 5.17 Å². The van der Waals surface area contributed by atoms with Crippen molar-refractivity contribution in [1.82, 2.24) is 9.88 Å². The number of rotatable bonds is 6. The van der Waals surface area contributed by atoms with Gasteiger partial charge in [-0.15, -0.1) is 0 Å². The number of amidine groups is 1. The number of hydrogen-bond donors (Lipinski definition) is 1. The highest BCUT2D eigenvalue weighted by Crippen LogP contribution is 2.55. The van der Waals surface area contributed by atoms with Gasteiger partial charge in [0, 0.05) is 30.4 Å². The summed E-state index contributed by atoms with van der Waals surface area (Å²) in [4.78, 5) is 23.9. The fourth-order valence-electron chi connectivity index (χ4n) is 7.36. The molecule has 1 N–H and O–H groups in total. The largest absolute Gasteiger partial charge is 0.508 e. The SMILES string of the molecule is CCC1CC2CCC[C@](c3cc(-c4cc(CC5SC(N6CCOCC6)=NC5=O)cnc4OC)ccc3O)(C1)C2. The monoisotopic (exact) mass is 549 g/mol. The molecule has 6 rings (SSSR count). The summed E-state index contributed by atoms with van der Waals surface area (Å²) in [6, 6.07) is 8.10. The predicted octanol–water partition coefficient (Wildman–Crippen LogP) is 5.58. The number of amides is 1. The maximum atomic E-state index is 12.8. The number of methoxy groups -OCH3 is 1. The molecule has 2 bridgehead atoms. The smallest absolute Gasteiger partial charge is 0.262 e. The van der Waals surface area contributed by atoms with Gasteiger partial charge in [-0.3, -0.25) is 4.79 Å². The average molecular weight is 550 g/mol. The van der Waals surface area contributed by atoms with E-state index in [0.29, 0.717) is 31.3 Å². The maximum absolute atomic E-state index is 12.8. The number of carbonyl (C=O) groups is 1. The highest BCUT2D eigenvalue weighted by Gasteiger charge is 2.45. The quantitative estimate of drug-likeness (QED) is 0.503. The van der Waals surface area contributed by atoms with Crippen molar-refractivity contribution in [3.63, 3.8) is 0 Å². The molecule has 3 unspecified atom stereocenters. The molecule has 1 amide bonds. The van der Waals surface area contributed by atoms with E-state index in [9.17, 15) is 9.90 Å². The zero-order chi connectivity index (χ0) is 27.0. The van der Waals surface area contributed by atoms with E-state index < -0.39 is 0 Å². The molecular weight excluding hydrogens is 510 g/mol. The molecule has 3 heterocycles. The Morgan fingerprint density at radius 3 is 2.87 bits per heavy atom.